The molecule has 230 valence electrons. The first-order valence-corrected chi connectivity index (χ1v) is 15.7. The van der Waals surface area contributed by atoms with E-state index >= 15 is 4.39 Å². The van der Waals surface area contributed by atoms with E-state index in [4.69, 9.17) is 21.6 Å². The molecule has 1 unspecified atom stereocenters. The highest BCUT2D eigenvalue weighted by molar-refractivity contribution is 6.31. The van der Waals surface area contributed by atoms with Crippen molar-refractivity contribution in [2.24, 2.45) is 17.8 Å². The van der Waals surface area contributed by atoms with Crippen LogP contribution in [0.3, 0.4) is 0 Å². The third-order valence-electron chi connectivity index (χ3n) is 9.38. The minimum Gasteiger partial charge on any atom is -0.497 e. The maximum atomic E-state index is 15.4. The topological polar surface area (TPSA) is 103 Å². The Morgan fingerprint density at radius 3 is 2.57 bits per heavy atom. The second-order valence-electron chi connectivity index (χ2n) is 12.1. The number of carbonyl (C=O) groups is 2. The van der Waals surface area contributed by atoms with Gasteiger partial charge in [-0.15, -0.1) is 10.2 Å². The Balaban J connectivity index is 1.24. The lowest BCUT2D eigenvalue weighted by Gasteiger charge is -2.41. The predicted molar refractivity (Wildman–Crippen MR) is 163 cm³/mol. The molecule has 0 spiro atoms. The predicted octanol–water partition coefficient (Wildman–Crippen LogP) is 4.64. The number of hydrogen-bond acceptors (Lipinski definition) is 7. The Hall–Kier alpha value is -3.97. The summed E-state index contributed by atoms with van der Waals surface area (Å²) >= 11 is 6.19. The van der Waals surface area contributed by atoms with Crippen molar-refractivity contribution < 1.29 is 18.7 Å². The van der Waals surface area contributed by atoms with E-state index in [1.807, 2.05) is 32.9 Å². The van der Waals surface area contributed by atoms with Crippen molar-refractivity contribution in [2.45, 2.75) is 44.1 Å². The van der Waals surface area contributed by atoms with E-state index in [0.29, 0.717) is 49.9 Å². The van der Waals surface area contributed by atoms with E-state index in [1.165, 1.54) is 13.2 Å². The fourth-order valence-electron chi connectivity index (χ4n) is 6.83. The number of aromatic nitrogens is 2. The zero-order valence-corrected chi connectivity index (χ0v) is 25.5. The van der Waals surface area contributed by atoms with Crippen LogP contribution in [0, 0.1) is 34.9 Å². The minimum absolute atomic E-state index is 0.0566. The van der Waals surface area contributed by atoms with Crippen LogP contribution in [0.15, 0.2) is 53.6 Å². The highest BCUT2D eigenvalue weighted by atomic mass is 35.5. The fourth-order valence-corrected chi connectivity index (χ4v) is 6.99. The summed E-state index contributed by atoms with van der Waals surface area (Å²) in [6, 6.07) is 10.1. The summed E-state index contributed by atoms with van der Waals surface area (Å²) in [5, 5.41) is 18.0. The molecule has 11 heteroatoms. The van der Waals surface area contributed by atoms with Gasteiger partial charge in [0.1, 0.15) is 17.6 Å². The molecule has 9 nitrogen and oxygen atoms in total. The van der Waals surface area contributed by atoms with Crippen molar-refractivity contribution in [2.75, 3.05) is 44.7 Å². The summed E-state index contributed by atoms with van der Waals surface area (Å²) in [5.74, 6) is -0.0539. The molecule has 2 amide bonds. The number of carbonyl (C=O) groups excluding carboxylic acids is 2. The van der Waals surface area contributed by atoms with Crippen molar-refractivity contribution in [3.63, 3.8) is 0 Å². The molecule has 0 radical (unpaired) electrons. The van der Waals surface area contributed by atoms with Gasteiger partial charge in [-0.2, -0.15) is 5.26 Å². The molecule has 0 bridgehead atoms. The second-order valence-corrected chi connectivity index (χ2v) is 12.5. The summed E-state index contributed by atoms with van der Waals surface area (Å²) < 4.78 is 20.6. The number of allylic oxidation sites excluding steroid dienone is 3. The maximum absolute atomic E-state index is 15.4. The number of amides is 2. The van der Waals surface area contributed by atoms with Gasteiger partial charge in [-0.3, -0.25) is 9.59 Å². The van der Waals surface area contributed by atoms with Crippen LogP contribution in [0.5, 0.6) is 5.75 Å². The van der Waals surface area contributed by atoms with Crippen molar-refractivity contribution in [3.8, 4) is 11.8 Å². The largest absolute Gasteiger partial charge is 0.497 e. The highest BCUT2D eigenvalue weighted by Crippen LogP contribution is 2.39. The summed E-state index contributed by atoms with van der Waals surface area (Å²) in [6.07, 6.45) is 10.2. The van der Waals surface area contributed by atoms with E-state index in [2.05, 4.69) is 16.3 Å². The number of halogens is 2. The van der Waals surface area contributed by atoms with Crippen molar-refractivity contribution in [1.29, 1.82) is 5.26 Å². The van der Waals surface area contributed by atoms with Gasteiger partial charge in [0.15, 0.2) is 11.5 Å². The lowest BCUT2D eigenvalue weighted by molar-refractivity contribution is -0.141. The van der Waals surface area contributed by atoms with Crippen LogP contribution in [0.1, 0.15) is 49.3 Å². The van der Waals surface area contributed by atoms with Crippen molar-refractivity contribution in [3.05, 3.63) is 70.7 Å². The Morgan fingerprint density at radius 2 is 1.91 bits per heavy atom. The molecule has 6 rings (SSSR count). The average molecular weight is 619 g/mol. The molecule has 3 fully saturated rings. The SMILES string of the molecule is COc1ccc([C@@H]2CN(c3ccc(C#N)nn3)C[C@H]2C(=O)N2CCC[C@@H](C3C=CC(Cl)=CC3)N(C(=O)C3CC3)CC2)c(F)c1. The van der Waals surface area contributed by atoms with Crippen LogP contribution in [0.4, 0.5) is 10.2 Å². The van der Waals surface area contributed by atoms with Gasteiger partial charge in [-0.25, -0.2) is 4.39 Å². The molecule has 1 saturated carbocycles. The van der Waals surface area contributed by atoms with Crippen LogP contribution in [-0.2, 0) is 9.59 Å². The smallest absolute Gasteiger partial charge is 0.228 e. The molecule has 1 aromatic heterocycles. The molecule has 4 atom stereocenters. The number of ether oxygens (including phenoxy) is 1. The molecule has 2 aliphatic heterocycles. The van der Waals surface area contributed by atoms with Gasteiger partial charge in [0.2, 0.25) is 11.8 Å². The Morgan fingerprint density at radius 1 is 1.07 bits per heavy atom. The molecule has 4 aliphatic rings. The number of methoxy groups -OCH3 is 1. The molecule has 1 aromatic carbocycles. The standard InChI is InChI=1S/C33H36ClFN6O3/c1-44-25-11-12-26(29(35)17-25)27-19-40(31-13-10-24(18-36)37-38-31)20-28(27)33(43)39-14-2-3-30(21-6-8-23(34)9-7-21)41(16-15-39)32(42)22-4-5-22/h6,8-13,17,21-22,27-28,30H,2-5,7,14-16,19-20H2,1H3/t21?,27-,28+,30-/m0/s1. The van der Waals surface area contributed by atoms with Crippen LogP contribution in [0.2, 0.25) is 0 Å². The number of anilines is 1. The Bertz CT molecular complexity index is 1500. The third-order valence-corrected chi connectivity index (χ3v) is 9.66. The van der Waals surface area contributed by atoms with E-state index in [1.54, 1.807) is 24.3 Å². The Labute approximate surface area is 261 Å². The number of benzene rings is 1. The van der Waals surface area contributed by atoms with Gasteiger partial charge < -0.3 is 19.4 Å². The molecular formula is C33H36ClFN6O3. The van der Waals surface area contributed by atoms with Gasteiger partial charge in [0.05, 0.1) is 13.0 Å². The quantitative estimate of drug-likeness (QED) is 0.465. The molecule has 2 saturated heterocycles. The van der Waals surface area contributed by atoms with E-state index < -0.39 is 17.7 Å². The normalized spacial score (nSPS) is 25.6. The lowest BCUT2D eigenvalue weighted by atomic mass is 9.86. The van der Waals surface area contributed by atoms with Gasteiger partial charge in [-0.05, 0) is 61.9 Å². The molecule has 0 N–H and O–H groups in total. The molecule has 44 heavy (non-hydrogen) atoms. The van der Waals surface area contributed by atoms with Crippen LogP contribution >= 0.6 is 11.6 Å². The van der Waals surface area contributed by atoms with Crippen molar-refractivity contribution in [1.82, 2.24) is 20.0 Å². The zero-order chi connectivity index (χ0) is 30.8. The Kier molecular flexibility index (Phi) is 8.85. The molecule has 3 heterocycles. The highest BCUT2D eigenvalue weighted by Gasteiger charge is 2.44. The number of rotatable bonds is 6. The first-order chi connectivity index (χ1) is 21.4. The first kappa shape index (κ1) is 30.1. The van der Waals surface area contributed by atoms with Crippen LogP contribution in [-0.4, -0.2) is 77.7 Å². The second kappa shape index (κ2) is 12.9. The van der Waals surface area contributed by atoms with Crippen LogP contribution in [0.25, 0.3) is 0 Å². The average Bonchev–Trinajstić information content (AvgIpc) is 3.80. The summed E-state index contributed by atoms with van der Waals surface area (Å²) in [6.45, 7) is 2.16. The van der Waals surface area contributed by atoms with Gasteiger partial charge in [0, 0.05) is 67.6 Å². The minimum atomic E-state index is -0.535. The number of nitrogens with zero attached hydrogens (tertiary/aromatic N) is 6. The fraction of sp³-hybridized carbons (Fsp3) is 0.485. The first-order valence-electron chi connectivity index (χ1n) is 15.3. The zero-order valence-electron chi connectivity index (χ0n) is 24.7. The lowest BCUT2D eigenvalue weighted by Crippen LogP contribution is -2.52. The maximum Gasteiger partial charge on any atom is 0.228 e. The summed E-state index contributed by atoms with van der Waals surface area (Å²) in [5.41, 5.74) is 0.645. The molecular weight excluding hydrogens is 583 g/mol. The van der Waals surface area contributed by atoms with E-state index in [0.717, 1.165) is 37.1 Å². The number of hydrogen-bond donors (Lipinski definition) is 0. The number of nitriles is 1. The van der Waals surface area contributed by atoms with Crippen LogP contribution < -0.4 is 9.64 Å². The van der Waals surface area contributed by atoms with Gasteiger partial charge in [0.25, 0.3) is 0 Å². The summed E-state index contributed by atoms with van der Waals surface area (Å²) in [7, 11) is 1.49. The van der Waals surface area contributed by atoms with Crippen molar-refractivity contribution >= 4 is 29.2 Å². The van der Waals surface area contributed by atoms with Gasteiger partial charge in [-0.1, -0.05) is 29.8 Å². The third kappa shape index (κ3) is 6.29. The molecule has 2 aromatic rings. The summed E-state index contributed by atoms with van der Waals surface area (Å²) in [4.78, 5) is 33.7. The monoisotopic (exact) mass is 618 g/mol. The van der Waals surface area contributed by atoms with E-state index in [-0.39, 0.29) is 35.4 Å². The molecule has 2 aliphatic carbocycles. The van der Waals surface area contributed by atoms with Gasteiger partial charge >= 0.3 is 0 Å². The van der Waals surface area contributed by atoms with E-state index in [9.17, 15) is 9.59 Å².